The van der Waals surface area contributed by atoms with Gasteiger partial charge in [0.25, 0.3) is 0 Å². The molecule has 0 bridgehead atoms. The molecule has 0 aromatic carbocycles. The van der Waals surface area contributed by atoms with E-state index in [4.69, 9.17) is 5.26 Å². The Hall–Kier alpha value is -1.15. The maximum absolute atomic E-state index is 9.11. The first-order valence-corrected chi connectivity index (χ1v) is 6.71. The van der Waals surface area contributed by atoms with E-state index < -0.39 is 0 Å². The number of nitrogens with one attached hydrogen (secondary N) is 1. The van der Waals surface area contributed by atoms with Gasteiger partial charge < -0.3 is 0 Å². The zero-order valence-electron chi connectivity index (χ0n) is 8.93. The molecule has 82 valence electrons. The van der Waals surface area contributed by atoms with Gasteiger partial charge in [-0.1, -0.05) is 6.07 Å². The maximum atomic E-state index is 9.11. The van der Waals surface area contributed by atoms with Gasteiger partial charge in [-0.25, -0.2) is 0 Å². The minimum atomic E-state index is -0.194. The van der Waals surface area contributed by atoms with Crippen LogP contribution in [0.5, 0.6) is 0 Å². The van der Waals surface area contributed by atoms with Crippen molar-refractivity contribution in [2.75, 3.05) is 0 Å². The van der Waals surface area contributed by atoms with Crippen molar-refractivity contribution in [3.8, 4) is 6.07 Å². The van der Waals surface area contributed by atoms with E-state index in [-0.39, 0.29) is 6.04 Å². The maximum Gasteiger partial charge on any atom is 0.130 e. The Morgan fingerprint density at radius 3 is 2.88 bits per heavy atom. The van der Waals surface area contributed by atoms with E-state index in [0.29, 0.717) is 0 Å². The van der Waals surface area contributed by atoms with Crippen LogP contribution in [0.25, 0.3) is 0 Å². The van der Waals surface area contributed by atoms with Crippen molar-refractivity contribution in [2.45, 2.75) is 19.5 Å². The quantitative estimate of drug-likeness (QED) is 0.899. The van der Waals surface area contributed by atoms with E-state index in [9.17, 15) is 0 Å². The molecule has 0 saturated heterocycles. The first-order chi connectivity index (χ1) is 7.79. The third-order valence-corrected chi connectivity index (χ3v) is 4.18. The van der Waals surface area contributed by atoms with E-state index in [1.165, 1.54) is 9.75 Å². The van der Waals surface area contributed by atoms with Crippen LogP contribution >= 0.6 is 22.7 Å². The van der Waals surface area contributed by atoms with Gasteiger partial charge in [-0.3, -0.25) is 5.32 Å². The number of hydrogen-bond acceptors (Lipinski definition) is 4. The van der Waals surface area contributed by atoms with Crippen LogP contribution in [0.15, 0.2) is 29.6 Å². The number of aryl methyl sites for hydroxylation is 1. The summed E-state index contributed by atoms with van der Waals surface area (Å²) in [6.07, 6.45) is 0. The second kappa shape index (κ2) is 5.26. The number of hydrogen-bond donors (Lipinski definition) is 1. The van der Waals surface area contributed by atoms with Crippen LogP contribution in [0.4, 0.5) is 0 Å². The summed E-state index contributed by atoms with van der Waals surface area (Å²) in [5.41, 5.74) is 0. The lowest BCUT2D eigenvalue weighted by atomic mass is 10.2. The van der Waals surface area contributed by atoms with Crippen LogP contribution < -0.4 is 5.32 Å². The average Bonchev–Trinajstić information content (AvgIpc) is 2.91. The molecule has 0 radical (unpaired) electrons. The standard InChI is InChI=1S/C12H12N2S2/c1-9-4-5-12(16-9)11(7-13)14-8-10-3-2-6-15-10/h2-6,11,14H,8H2,1H3. The largest absolute Gasteiger partial charge is 0.293 e. The highest BCUT2D eigenvalue weighted by Gasteiger charge is 2.11. The Labute approximate surface area is 103 Å². The number of nitrogens with zero attached hydrogens (tertiary/aromatic N) is 1. The van der Waals surface area contributed by atoms with Crippen LogP contribution in [0.3, 0.4) is 0 Å². The van der Waals surface area contributed by atoms with E-state index >= 15 is 0 Å². The molecule has 0 aliphatic heterocycles. The Morgan fingerprint density at radius 1 is 1.44 bits per heavy atom. The molecule has 2 aromatic heterocycles. The lowest BCUT2D eigenvalue weighted by molar-refractivity contribution is 0.644. The van der Waals surface area contributed by atoms with Crippen molar-refractivity contribution in [3.63, 3.8) is 0 Å². The Morgan fingerprint density at radius 2 is 2.31 bits per heavy atom. The van der Waals surface area contributed by atoms with Gasteiger partial charge in [0.05, 0.1) is 6.07 Å². The van der Waals surface area contributed by atoms with E-state index in [2.05, 4.69) is 30.4 Å². The highest BCUT2D eigenvalue weighted by Crippen LogP contribution is 2.22. The molecule has 4 heteroatoms. The number of nitriles is 1. The van der Waals surface area contributed by atoms with Gasteiger partial charge in [-0.15, -0.1) is 22.7 Å². The second-order valence-electron chi connectivity index (χ2n) is 3.47. The lowest BCUT2D eigenvalue weighted by Crippen LogP contribution is -2.17. The highest BCUT2D eigenvalue weighted by atomic mass is 32.1. The molecule has 0 aliphatic carbocycles. The summed E-state index contributed by atoms with van der Waals surface area (Å²) in [6, 6.07) is 10.3. The van der Waals surface area contributed by atoms with Gasteiger partial charge in [0.1, 0.15) is 6.04 Å². The smallest absolute Gasteiger partial charge is 0.130 e. The molecule has 0 fully saturated rings. The summed E-state index contributed by atoms with van der Waals surface area (Å²) >= 11 is 3.38. The molecule has 2 nitrogen and oxygen atoms in total. The van der Waals surface area contributed by atoms with Crippen molar-refractivity contribution in [1.29, 1.82) is 5.26 Å². The lowest BCUT2D eigenvalue weighted by Gasteiger charge is -2.08. The van der Waals surface area contributed by atoms with Crippen LogP contribution in [0, 0.1) is 18.3 Å². The van der Waals surface area contributed by atoms with Crippen molar-refractivity contribution < 1.29 is 0 Å². The molecule has 2 rings (SSSR count). The molecular formula is C12H12N2S2. The van der Waals surface area contributed by atoms with Gasteiger partial charge in [0.2, 0.25) is 0 Å². The average molecular weight is 248 g/mol. The van der Waals surface area contributed by atoms with E-state index in [1.807, 2.05) is 17.5 Å². The molecule has 0 saturated carbocycles. The van der Waals surface area contributed by atoms with Crippen molar-refractivity contribution in [2.24, 2.45) is 0 Å². The molecule has 16 heavy (non-hydrogen) atoms. The van der Waals surface area contributed by atoms with Gasteiger partial charge >= 0.3 is 0 Å². The van der Waals surface area contributed by atoms with Crippen LogP contribution in [0.1, 0.15) is 20.7 Å². The SMILES string of the molecule is Cc1ccc(C(C#N)NCc2cccs2)s1. The summed E-state index contributed by atoms with van der Waals surface area (Å²) in [4.78, 5) is 3.60. The molecule has 0 aliphatic rings. The van der Waals surface area contributed by atoms with Crippen LogP contribution in [0.2, 0.25) is 0 Å². The summed E-state index contributed by atoms with van der Waals surface area (Å²) in [6.45, 7) is 2.81. The Kier molecular flexibility index (Phi) is 3.73. The van der Waals surface area contributed by atoms with E-state index in [1.54, 1.807) is 22.7 Å². The fourth-order valence-corrected chi connectivity index (χ4v) is 2.99. The first kappa shape index (κ1) is 11.3. The molecule has 1 unspecified atom stereocenters. The number of rotatable bonds is 4. The molecule has 2 aromatic rings. The zero-order valence-corrected chi connectivity index (χ0v) is 10.6. The monoisotopic (exact) mass is 248 g/mol. The highest BCUT2D eigenvalue weighted by molar-refractivity contribution is 7.12. The number of thiophene rings is 2. The van der Waals surface area contributed by atoms with Gasteiger partial charge in [0, 0.05) is 21.2 Å². The minimum Gasteiger partial charge on any atom is -0.293 e. The summed E-state index contributed by atoms with van der Waals surface area (Å²) in [7, 11) is 0. The third-order valence-electron chi connectivity index (χ3n) is 2.24. The molecule has 0 spiro atoms. The minimum absolute atomic E-state index is 0.194. The van der Waals surface area contributed by atoms with Crippen molar-refractivity contribution in [3.05, 3.63) is 44.3 Å². The molecule has 2 heterocycles. The normalized spacial score (nSPS) is 12.2. The first-order valence-electron chi connectivity index (χ1n) is 5.01. The zero-order chi connectivity index (χ0) is 11.4. The molecule has 1 N–H and O–H groups in total. The summed E-state index contributed by atoms with van der Waals surface area (Å²) in [5.74, 6) is 0. The third kappa shape index (κ3) is 2.70. The summed E-state index contributed by atoms with van der Waals surface area (Å²) < 4.78 is 0. The fourth-order valence-electron chi connectivity index (χ4n) is 1.43. The van der Waals surface area contributed by atoms with Crippen LogP contribution in [-0.4, -0.2) is 0 Å². The van der Waals surface area contributed by atoms with Crippen molar-refractivity contribution in [1.82, 2.24) is 5.32 Å². The predicted molar refractivity (Wildman–Crippen MR) is 68.6 cm³/mol. The van der Waals surface area contributed by atoms with Gasteiger partial charge in [-0.2, -0.15) is 5.26 Å². The van der Waals surface area contributed by atoms with Gasteiger partial charge in [-0.05, 0) is 30.5 Å². The molecular weight excluding hydrogens is 236 g/mol. The topological polar surface area (TPSA) is 35.8 Å². The summed E-state index contributed by atoms with van der Waals surface area (Å²) in [5, 5.41) is 14.4. The van der Waals surface area contributed by atoms with Gasteiger partial charge in [0.15, 0.2) is 0 Å². The molecule has 0 amide bonds. The fraction of sp³-hybridized carbons (Fsp3) is 0.250. The molecule has 1 atom stereocenters. The second-order valence-corrected chi connectivity index (χ2v) is 5.82. The Bertz CT molecular complexity index is 479. The van der Waals surface area contributed by atoms with Crippen molar-refractivity contribution >= 4 is 22.7 Å². The van der Waals surface area contributed by atoms with Crippen LogP contribution in [-0.2, 0) is 6.54 Å². The predicted octanol–water partition coefficient (Wildman–Crippen LogP) is 3.47. The van der Waals surface area contributed by atoms with E-state index in [0.717, 1.165) is 11.4 Å². The Balaban J connectivity index is 1.99.